The van der Waals surface area contributed by atoms with Crippen molar-refractivity contribution < 1.29 is 13.2 Å². The fourth-order valence-corrected chi connectivity index (χ4v) is 3.79. The fraction of sp³-hybridized carbons (Fsp3) is 0.278. The Labute approximate surface area is 169 Å². The molecule has 2 aromatic rings. The SMILES string of the molecule is CN(C)CCNC(=O)c1cc(N(C)S(=O)(=O)c2ccc(Cl)cc2)ccc1Cl. The van der Waals surface area contributed by atoms with Crippen LogP contribution in [0.4, 0.5) is 5.69 Å². The lowest BCUT2D eigenvalue weighted by Gasteiger charge is -2.20. The summed E-state index contributed by atoms with van der Waals surface area (Å²) in [6.07, 6.45) is 0. The topological polar surface area (TPSA) is 69.7 Å². The van der Waals surface area contributed by atoms with E-state index in [1.165, 1.54) is 43.4 Å². The summed E-state index contributed by atoms with van der Waals surface area (Å²) in [7, 11) is 1.42. The van der Waals surface area contributed by atoms with Gasteiger partial charge < -0.3 is 10.2 Å². The second-order valence-corrected chi connectivity index (χ2v) is 8.96. The molecule has 0 aromatic heterocycles. The number of anilines is 1. The fourth-order valence-electron chi connectivity index (χ4n) is 2.27. The molecule has 0 radical (unpaired) electrons. The maximum Gasteiger partial charge on any atom is 0.264 e. The van der Waals surface area contributed by atoms with E-state index in [9.17, 15) is 13.2 Å². The van der Waals surface area contributed by atoms with Crippen LogP contribution in [0.5, 0.6) is 0 Å². The summed E-state index contributed by atoms with van der Waals surface area (Å²) in [6, 6.07) is 10.4. The van der Waals surface area contributed by atoms with E-state index in [4.69, 9.17) is 23.2 Å². The molecule has 0 aliphatic heterocycles. The lowest BCUT2D eigenvalue weighted by atomic mass is 10.2. The molecule has 9 heteroatoms. The molecule has 0 aliphatic rings. The molecular formula is C18H21Cl2N3O3S. The van der Waals surface area contributed by atoms with Crippen molar-refractivity contribution in [2.75, 3.05) is 38.5 Å². The van der Waals surface area contributed by atoms with Gasteiger partial charge in [-0.3, -0.25) is 9.10 Å². The molecule has 146 valence electrons. The Morgan fingerprint density at radius 3 is 2.26 bits per heavy atom. The highest BCUT2D eigenvalue weighted by Gasteiger charge is 2.23. The molecule has 6 nitrogen and oxygen atoms in total. The Morgan fingerprint density at radius 2 is 1.67 bits per heavy atom. The van der Waals surface area contributed by atoms with Gasteiger partial charge in [-0.05, 0) is 56.6 Å². The first kappa shape index (κ1) is 21.5. The molecule has 0 heterocycles. The van der Waals surface area contributed by atoms with Crippen molar-refractivity contribution in [1.29, 1.82) is 0 Å². The van der Waals surface area contributed by atoms with Crippen LogP contribution in [0, 0.1) is 0 Å². The van der Waals surface area contributed by atoms with Gasteiger partial charge in [0.2, 0.25) is 0 Å². The molecule has 0 unspecified atom stereocenters. The number of nitrogens with one attached hydrogen (secondary N) is 1. The van der Waals surface area contributed by atoms with E-state index in [-0.39, 0.29) is 21.4 Å². The largest absolute Gasteiger partial charge is 0.351 e. The van der Waals surface area contributed by atoms with Gasteiger partial charge in [-0.15, -0.1) is 0 Å². The second-order valence-electron chi connectivity index (χ2n) is 6.15. The third-order valence-electron chi connectivity index (χ3n) is 3.87. The maximum absolute atomic E-state index is 12.8. The minimum absolute atomic E-state index is 0.0985. The van der Waals surface area contributed by atoms with Crippen LogP contribution in [0.3, 0.4) is 0 Å². The molecular weight excluding hydrogens is 409 g/mol. The van der Waals surface area contributed by atoms with Crippen molar-refractivity contribution in [2.45, 2.75) is 4.90 Å². The third kappa shape index (κ3) is 5.35. The van der Waals surface area contributed by atoms with E-state index < -0.39 is 10.0 Å². The molecule has 0 bridgehead atoms. The molecule has 0 spiro atoms. The lowest BCUT2D eigenvalue weighted by Crippen LogP contribution is -2.32. The van der Waals surface area contributed by atoms with Gasteiger partial charge in [0, 0.05) is 25.2 Å². The molecule has 0 atom stereocenters. The van der Waals surface area contributed by atoms with Crippen molar-refractivity contribution >= 4 is 44.8 Å². The van der Waals surface area contributed by atoms with E-state index in [1.807, 2.05) is 19.0 Å². The molecule has 27 heavy (non-hydrogen) atoms. The Hall–Kier alpha value is -1.80. The Kier molecular flexibility index (Phi) is 7.11. The Balaban J connectivity index is 2.28. The number of benzene rings is 2. The van der Waals surface area contributed by atoms with Gasteiger partial charge in [0.15, 0.2) is 0 Å². The van der Waals surface area contributed by atoms with Crippen molar-refractivity contribution in [2.24, 2.45) is 0 Å². The van der Waals surface area contributed by atoms with Crippen LogP contribution in [0.15, 0.2) is 47.4 Å². The Bertz CT molecular complexity index is 916. The number of carbonyl (C=O) groups is 1. The van der Waals surface area contributed by atoms with Crippen LogP contribution >= 0.6 is 23.2 Å². The van der Waals surface area contributed by atoms with Gasteiger partial charge in [0.05, 0.1) is 21.2 Å². The first-order valence-corrected chi connectivity index (χ1v) is 10.3. The quantitative estimate of drug-likeness (QED) is 0.733. The molecule has 2 rings (SSSR count). The standard InChI is InChI=1S/C18H21Cl2N3O3S/c1-22(2)11-10-21-18(24)16-12-14(6-9-17(16)20)23(3)27(25,26)15-7-4-13(19)5-8-15/h4-9,12H,10-11H2,1-3H3,(H,21,24). The average Bonchev–Trinajstić information content (AvgIpc) is 2.61. The molecule has 0 saturated heterocycles. The maximum atomic E-state index is 12.8. The molecule has 0 aliphatic carbocycles. The van der Waals surface area contributed by atoms with Gasteiger partial charge >= 0.3 is 0 Å². The number of halogens is 2. The van der Waals surface area contributed by atoms with E-state index in [0.717, 1.165) is 4.31 Å². The molecule has 1 amide bonds. The van der Waals surface area contributed by atoms with Crippen LogP contribution < -0.4 is 9.62 Å². The van der Waals surface area contributed by atoms with Crippen molar-refractivity contribution in [3.05, 3.63) is 58.1 Å². The first-order valence-electron chi connectivity index (χ1n) is 8.10. The number of nitrogens with zero attached hydrogens (tertiary/aromatic N) is 2. The van der Waals surface area contributed by atoms with Gasteiger partial charge in [-0.1, -0.05) is 23.2 Å². The summed E-state index contributed by atoms with van der Waals surface area (Å²) in [4.78, 5) is 14.4. The van der Waals surface area contributed by atoms with Crippen molar-refractivity contribution in [3.8, 4) is 0 Å². The van der Waals surface area contributed by atoms with Gasteiger partial charge in [0.1, 0.15) is 0 Å². The first-order chi connectivity index (χ1) is 12.6. The highest BCUT2D eigenvalue weighted by atomic mass is 35.5. The summed E-state index contributed by atoms with van der Waals surface area (Å²) in [6.45, 7) is 1.12. The van der Waals surface area contributed by atoms with E-state index >= 15 is 0 Å². The predicted molar refractivity (Wildman–Crippen MR) is 109 cm³/mol. The number of carbonyl (C=O) groups excluding carboxylic acids is 1. The lowest BCUT2D eigenvalue weighted by molar-refractivity contribution is 0.0951. The summed E-state index contributed by atoms with van der Waals surface area (Å²) >= 11 is 12.0. The minimum Gasteiger partial charge on any atom is -0.351 e. The number of sulfonamides is 1. The number of rotatable bonds is 7. The normalized spacial score (nSPS) is 11.5. The summed E-state index contributed by atoms with van der Waals surface area (Å²) < 4.78 is 26.7. The molecule has 0 fully saturated rings. The van der Waals surface area contributed by atoms with E-state index in [1.54, 1.807) is 6.07 Å². The molecule has 1 N–H and O–H groups in total. The third-order valence-corrected chi connectivity index (χ3v) is 6.26. The monoisotopic (exact) mass is 429 g/mol. The van der Waals surface area contributed by atoms with Crippen molar-refractivity contribution in [1.82, 2.24) is 10.2 Å². The van der Waals surface area contributed by atoms with Gasteiger partial charge in [0.25, 0.3) is 15.9 Å². The zero-order valence-electron chi connectivity index (χ0n) is 15.2. The smallest absolute Gasteiger partial charge is 0.264 e. The van der Waals surface area contributed by atoms with E-state index in [2.05, 4.69) is 5.32 Å². The highest BCUT2D eigenvalue weighted by Crippen LogP contribution is 2.27. The summed E-state index contributed by atoms with van der Waals surface area (Å²) in [5.41, 5.74) is 0.540. The Morgan fingerprint density at radius 1 is 1.04 bits per heavy atom. The second kappa shape index (κ2) is 8.93. The summed E-state index contributed by atoms with van der Waals surface area (Å²) in [5, 5.41) is 3.46. The highest BCUT2D eigenvalue weighted by molar-refractivity contribution is 7.92. The van der Waals surface area contributed by atoms with Crippen LogP contribution in [0.1, 0.15) is 10.4 Å². The summed E-state index contributed by atoms with van der Waals surface area (Å²) in [5.74, 6) is -0.360. The van der Waals surface area contributed by atoms with Gasteiger partial charge in [-0.2, -0.15) is 0 Å². The van der Waals surface area contributed by atoms with Crippen LogP contribution in [0.2, 0.25) is 10.0 Å². The van der Waals surface area contributed by atoms with Crippen LogP contribution in [0.25, 0.3) is 0 Å². The number of amides is 1. The van der Waals surface area contributed by atoms with Gasteiger partial charge in [-0.25, -0.2) is 8.42 Å². The zero-order chi connectivity index (χ0) is 20.2. The number of hydrogen-bond donors (Lipinski definition) is 1. The zero-order valence-corrected chi connectivity index (χ0v) is 17.6. The molecule has 2 aromatic carbocycles. The van der Waals surface area contributed by atoms with E-state index in [0.29, 0.717) is 23.8 Å². The molecule has 0 saturated carbocycles. The number of likely N-dealkylation sites (N-methyl/N-ethyl adjacent to an activating group) is 1. The van der Waals surface area contributed by atoms with Crippen LogP contribution in [-0.4, -0.2) is 53.5 Å². The van der Waals surface area contributed by atoms with Crippen LogP contribution in [-0.2, 0) is 10.0 Å². The minimum atomic E-state index is -3.80. The van der Waals surface area contributed by atoms with Crippen molar-refractivity contribution in [3.63, 3.8) is 0 Å². The predicted octanol–water partition coefficient (Wildman–Crippen LogP) is 3.11. The number of hydrogen-bond acceptors (Lipinski definition) is 4. The average molecular weight is 430 g/mol.